The molecule has 11 heteroatoms. The van der Waals surface area contributed by atoms with E-state index in [9.17, 15) is 25.1 Å². The first-order valence-corrected chi connectivity index (χ1v) is 16.6. The van der Waals surface area contributed by atoms with Gasteiger partial charge in [0.15, 0.2) is 0 Å². The monoisotopic (exact) mass is 638 g/mol. The van der Waals surface area contributed by atoms with Gasteiger partial charge in [0, 0.05) is 25.6 Å². The van der Waals surface area contributed by atoms with E-state index in [-0.39, 0.29) is 24.0 Å². The number of hydrogen-bond acceptors (Lipinski definition) is 6. The molecule has 1 amide bonds. The fourth-order valence-corrected chi connectivity index (χ4v) is 9.84. The van der Waals surface area contributed by atoms with Crippen LogP contribution in [0.1, 0.15) is 50.2 Å². The third-order valence-electron chi connectivity index (χ3n) is 7.79. The topological polar surface area (TPSA) is 131 Å². The maximum Gasteiger partial charge on any atom is 0.269 e. The number of hydrogen-bond donors (Lipinski definition) is 3. The lowest BCUT2D eigenvalue weighted by molar-refractivity contribution is -0.384. The highest BCUT2D eigenvalue weighted by atomic mass is 35.5. The van der Waals surface area contributed by atoms with E-state index in [0.717, 1.165) is 31.8 Å². The first-order chi connectivity index (χ1) is 20.8. The minimum absolute atomic E-state index is 0. The molecular formula is C33H40ClN4O5P. The summed E-state index contributed by atoms with van der Waals surface area (Å²) in [5.74, 6) is -0.241. The van der Waals surface area contributed by atoms with Gasteiger partial charge in [0.2, 0.25) is 5.91 Å². The lowest BCUT2D eigenvalue weighted by Crippen LogP contribution is -3.00. The van der Waals surface area contributed by atoms with Gasteiger partial charge < -0.3 is 27.9 Å². The van der Waals surface area contributed by atoms with E-state index in [2.05, 4.69) is 77.3 Å². The molecule has 0 bridgehead atoms. The summed E-state index contributed by atoms with van der Waals surface area (Å²) in [7, 11) is 0.0677. The van der Waals surface area contributed by atoms with Crippen molar-refractivity contribution in [3.63, 3.8) is 0 Å². The summed E-state index contributed by atoms with van der Waals surface area (Å²) in [6.07, 6.45) is 9.03. The van der Waals surface area contributed by atoms with Crippen molar-refractivity contribution in [1.29, 1.82) is 0 Å². The summed E-state index contributed by atoms with van der Waals surface area (Å²) in [6, 6.07) is 26.1. The molecule has 44 heavy (non-hydrogen) atoms. The van der Waals surface area contributed by atoms with Crippen LogP contribution in [0.15, 0.2) is 97.3 Å². The number of rotatable bonds is 16. The highest BCUT2D eigenvalue weighted by Crippen LogP contribution is 2.55. The van der Waals surface area contributed by atoms with E-state index in [0.29, 0.717) is 18.4 Å². The number of aliphatic hydroxyl groups is 2. The van der Waals surface area contributed by atoms with Gasteiger partial charge in [0.25, 0.3) is 5.69 Å². The van der Waals surface area contributed by atoms with Gasteiger partial charge in [0.05, 0.1) is 36.1 Å². The van der Waals surface area contributed by atoms with E-state index in [4.69, 9.17) is 0 Å². The largest absolute Gasteiger partial charge is 1.00 e. The van der Waals surface area contributed by atoms with E-state index < -0.39 is 30.9 Å². The number of nitro groups is 1. The number of nitrogens with zero attached hydrogens (tertiary/aromatic N) is 3. The Hall–Kier alpha value is -3.62. The predicted molar refractivity (Wildman–Crippen MR) is 172 cm³/mol. The number of carbonyl (C=O) groups excluding carboxylic acids is 1. The summed E-state index contributed by atoms with van der Waals surface area (Å²) < 4.78 is 1.88. The van der Waals surface area contributed by atoms with Crippen LogP contribution >= 0.6 is 7.26 Å². The highest BCUT2D eigenvalue weighted by molar-refractivity contribution is 7.95. The van der Waals surface area contributed by atoms with Crippen LogP contribution in [0.3, 0.4) is 0 Å². The van der Waals surface area contributed by atoms with Crippen molar-refractivity contribution in [2.45, 2.75) is 50.7 Å². The van der Waals surface area contributed by atoms with Crippen LogP contribution in [0, 0.1) is 10.1 Å². The van der Waals surface area contributed by atoms with Crippen LogP contribution in [-0.4, -0.2) is 49.6 Å². The van der Waals surface area contributed by atoms with E-state index >= 15 is 0 Å². The predicted octanol–water partition coefficient (Wildman–Crippen LogP) is 1.18. The second-order valence-electron chi connectivity index (χ2n) is 10.7. The molecule has 0 aliphatic heterocycles. The Labute approximate surface area is 265 Å². The average Bonchev–Trinajstić information content (AvgIpc) is 3.48. The van der Waals surface area contributed by atoms with Crippen LogP contribution in [0.25, 0.3) is 0 Å². The molecule has 4 rings (SSSR count). The number of non-ortho nitro benzene ring substituents is 1. The number of aromatic nitrogens is 2. The van der Waals surface area contributed by atoms with Crippen LogP contribution in [0.5, 0.6) is 0 Å². The number of nitrogens with one attached hydrogen (secondary N) is 1. The van der Waals surface area contributed by atoms with Crippen LogP contribution < -0.4 is 33.6 Å². The van der Waals surface area contributed by atoms with Crippen molar-refractivity contribution in [2.75, 3.05) is 12.8 Å². The fraction of sp³-hybridized carbons (Fsp3) is 0.333. The molecule has 0 aliphatic rings. The summed E-state index contributed by atoms with van der Waals surface area (Å²) in [4.78, 5) is 22.9. The molecular weight excluding hydrogens is 599 g/mol. The van der Waals surface area contributed by atoms with Crippen LogP contribution in [0.4, 0.5) is 5.69 Å². The fourth-order valence-electron chi connectivity index (χ4n) is 5.50. The van der Waals surface area contributed by atoms with E-state index in [1.54, 1.807) is 0 Å². The zero-order valence-corrected chi connectivity index (χ0v) is 26.5. The Morgan fingerprint density at radius 2 is 1.48 bits per heavy atom. The van der Waals surface area contributed by atoms with Gasteiger partial charge in [0.1, 0.15) is 29.3 Å². The third-order valence-corrected chi connectivity index (χ3v) is 12.3. The molecule has 2 atom stereocenters. The molecule has 3 N–H and O–H groups in total. The smallest absolute Gasteiger partial charge is 0.269 e. The lowest BCUT2D eigenvalue weighted by atomic mass is 10.0. The van der Waals surface area contributed by atoms with Crippen molar-refractivity contribution in [1.82, 2.24) is 15.1 Å². The van der Waals surface area contributed by atoms with E-state index in [1.165, 1.54) is 40.2 Å². The number of amides is 1. The number of aliphatic hydroxyl groups excluding tert-OH is 2. The minimum atomic E-state index is -1.89. The standard InChI is InChI=1S/C33H39N4O5P.ClH/c1-36-24-30(23-34-36)43(28-13-7-5-8-14-28,29-15-9-6-10-16-29)22-12-4-2-3-11-17-32(39)35-31(25-38)33(40)26-18-20-27(21-19-26)37(41)42;/h5-10,13-16,18-21,23-24,31,33,38,40H,2-4,11-12,17,22,25H2,1H3;1H. The first-order valence-electron chi connectivity index (χ1n) is 14.7. The number of unbranched alkanes of at least 4 members (excludes halogenated alkanes) is 4. The van der Waals surface area contributed by atoms with Crippen molar-refractivity contribution in [3.8, 4) is 0 Å². The van der Waals surface area contributed by atoms with Crippen molar-refractivity contribution in [2.24, 2.45) is 7.05 Å². The number of benzene rings is 3. The maximum absolute atomic E-state index is 12.6. The molecule has 4 aromatic rings. The van der Waals surface area contributed by atoms with Gasteiger partial charge in [-0.2, -0.15) is 5.10 Å². The normalized spacial score (nSPS) is 12.6. The van der Waals surface area contributed by atoms with Gasteiger partial charge in [-0.25, -0.2) is 0 Å². The molecule has 9 nitrogen and oxygen atoms in total. The molecule has 0 saturated heterocycles. The minimum Gasteiger partial charge on any atom is -1.00 e. The Balaban J connectivity index is 0.00000529. The van der Waals surface area contributed by atoms with Crippen LogP contribution in [0.2, 0.25) is 0 Å². The quantitative estimate of drug-likeness (QED) is 0.0732. The molecule has 0 fully saturated rings. The van der Waals surface area contributed by atoms with Gasteiger partial charge in [-0.3, -0.25) is 19.6 Å². The number of carbonyl (C=O) groups is 1. The van der Waals surface area contributed by atoms with Gasteiger partial charge >= 0.3 is 0 Å². The van der Waals surface area contributed by atoms with E-state index in [1.807, 2.05) is 17.9 Å². The van der Waals surface area contributed by atoms with Crippen molar-refractivity contribution >= 4 is 34.8 Å². The molecule has 3 aromatic carbocycles. The molecule has 2 unspecified atom stereocenters. The second-order valence-corrected chi connectivity index (χ2v) is 14.4. The summed E-state index contributed by atoms with van der Waals surface area (Å²) in [6.45, 7) is -0.450. The average molecular weight is 639 g/mol. The number of halogens is 1. The van der Waals surface area contributed by atoms with Crippen molar-refractivity contribution in [3.05, 3.63) is 113 Å². The Morgan fingerprint density at radius 1 is 0.909 bits per heavy atom. The van der Waals surface area contributed by atoms with Gasteiger partial charge in [-0.1, -0.05) is 49.2 Å². The van der Waals surface area contributed by atoms with Crippen LogP contribution in [-0.2, 0) is 11.8 Å². The first kappa shape index (κ1) is 34.9. The molecule has 0 radical (unpaired) electrons. The Kier molecular flexibility index (Phi) is 13.5. The summed E-state index contributed by atoms with van der Waals surface area (Å²) in [5, 5.41) is 42.4. The third kappa shape index (κ3) is 8.73. The highest BCUT2D eigenvalue weighted by Gasteiger charge is 2.45. The number of aryl methyl sites for hydroxylation is 1. The molecule has 0 saturated carbocycles. The summed E-state index contributed by atoms with van der Waals surface area (Å²) >= 11 is 0. The molecule has 1 heterocycles. The molecule has 234 valence electrons. The zero-order valence-electron chi connectivity index (χ0n) is 24.8. The zero-order chi connectivity index (χ0) is 30.7. The Bertz CT molecular complexity index is 1410. The Morgan fingerprint density at radius 3 is 2.00 bits per heavy atom. The molecule has 0 spiro atoms. The maximum atomic E-state index is 12.6. The second kappa shape index (κ2) is 17.0. The summed E-state index contributed by atoms with van der Waals surface area (Å²) in [5.41, 5.74) is 0.298. The SMILES string of the molecule is Cn1cc([P+](CCCCCCCC(=O)NC(CO)C(O)c2ccc([N+](=O)[O-])cc2)(c2ccccc2)c2ccccc2)cn1.[Cl-]. The lowest BCUT2D eigenvalue weighted by Gasteiger charge is -2.26. The number of nitro benzene ring substituents is 1. The van der Waals surface area contributed by atoms with Crippen molar-refractivity contribution < 1.29 is 32.3 Å². The van der Waals surface area contributed by atoms with Gasteiger partial charge in [-0.05, 0) is 61.2 Å². The van der Waals surface area contributed by atoms with Gasteiger partial charge in [-0.15, -0.1) is 0 Å². The molecule has 1 aromatic heterocycles. The molecule has 0 aliphatic carbocycles.